The number of nitrogens with one attached hydrogen (secondary N) is 1. The van der Waals surface area contributed by atoms with Gasteiger partial charge in [0.2, 0.25) is 11.7 Å². The Bertz CT molecular complexity index is 893. The van der Waals surface area contributed by atoms with E-state index in [4.69, 9.17) is 9.15 Å². The minimum atomic E-state index is -0.720. The van der Waals surface area contributed by atoms with E-state index in [1.807, 2.05) is 43.3 Å². The maximum Gasteiger partial charge on any atom is 0.289 e. The monoisotopic (exact) mass is 400 g/mol. The molecule has 8 nitrogen and oxygen atoms in total. The number of ether oxygens (including phenoxy) is 1. The van der Waals surface area contributed by atoms with Crippen molar-refractivity contribution in [2.75, 3.05) is 27.2 Å². The summed E-state index contributed by atoms with van der Waals surface area (Å²) in [4.78, 5) is 33.8. The van der Waals surface area contributed by atoms with E-state index in [1.54, 1.807) is 25.7 Å². The molecule has 0 fully saturated rings. The van der Waals surface area contributed by atoms with Crippen LogP contribution in [0.25, 0.3) is 0 Å². The number of hydrogen-bond donors (Lipinski definition) is 1. The largest absolute Gasteiger partial charge is 0.491 e. The van der Waals surface area contributed by atoms with Crippen molar-refractivity contribution in [3.8, 4) is 5.75 Å². The predicted octanol–water partition coefficient (Wildman–Crippen LogP) is 1.76. The lowest BCUT2D eigenvalue weighted by Gasteiger charge is -2.33. The highest BCUT2D eigenvalue weighted by Crippen LogP contribution is 2.25. The Morgan fingerprint density at radius 2 is 2.03 bits per heavy atom. The van der Waals surface area contributed by atoms with Crippen LogP contribution in [0, 0.1) is 13.8 Å². The molecule has 0 radical (unpaired) electrons. The molecule has 1 aliphatic rings. The summed E-state index contributed by atoms with van der Waals surface area (Å²) in [6.45, 7) is 6.53. The summed E-state index contributed by atoms with van der Waals surface area (Å²) in [5.41, 5.74) is 1.45. The fourth-order valence-electron chi connectivity index (χ4n) is 3.51. The number of carbonyl (C=O) groups is 2. The predicted molar refractivity (Wildman–Crippen MR) is 108 cm³/mol. The van der Waals surface area contributed by atoms with Gasteiger partial charge in [0.05, 0.1) is 11.7 Å². The fourth-order valence-corrected chi connectivity index (χ4v) is 3.51. The number of fused-ring (bicyclic) bond motifs is 1. The maximum atomic E-state index is 13.3. The second-order valence-electron chi connectivity index (χ2n) is 7.64. The Hall–Kier alpha value is -2.87. The van der Waals surface area contributed by atoms with E-state index in [-0.39, 0.29) is 17.7 Å². The van der Waals surface area contributed by atoms with Gasteiger partial charge >= 0.3 is 0 Å². The molecule has 29 heavy (non-hydrogen) atoms. The first-order valence-corrected chi connectivity index (χ1v) is 9.67. The SMILES string of the molecule is Cc1nc(C)c(C(=O)NC(C)C(=O)N2Cc3ccccc3OCC2CN(C)C)o1. The Morgan fingerprint density at radius 1 is 1.31 bits per heavy atom. The van der Waals surface area contributed by atoms with Crippen molar-refractivity contribution < 1.29 is 18.7 Å². The Kier molecular flexibility index (Phi) is 6.22. The lowest BCUT2D eigenvalue weighted by atomic mass is 10.1. The summed E-state index contributed by atoms with van der Waals surface area (Å²) in [6.07, 6.45) is 0. The number of oxazole rings is 1. The van der Waals surface area contributed by atoms with Crippen molar-refractivity contribution in [1.82, 2.24) is 20.1 Å². The third kappa shape index (κ3) is 4.76. The number of rotatable bonds is 5. The Morgan fingerprint density at radius 3 is 2.69 bits per heavy atom. The Balaban J connectivity index is 1.79. The molecule has 0 bridgehead atoms. The summed E-state index contributed by atoms with van der Waals surface area (Å²) in [5.74, 6) is 0.727. The van der Waals surface area contributed by atoms with E-state index in [0.717, 1.165) is 11.3 Å². The molecule has 2 unspecified atom stereocenters. The number of para-hydroxylation sites is 1. The number of amides is 2. The number of hydrogen-bond acceptors (Lipinski definition) is 6. The van der Waals surface area contributed by atoms with Gasteiger partial charge < -0.3 is 24.3 Å². The molecule has 1 aliphatic heterocycles. The van der Waals surface area contributed by atoms with Crippen LogP contribution in [0.4, 0.5) is 0 Å². The summed E-state index contributed by atoms with van der Waals surface area (Å²) in [5, 5.41) is 2.75. The highest BCUT2D eigenvalue weighted by Gasteiger charge is 2.32. The number of carbonyl (C=O) groups excluding carboxylic acids is 2. The van der Waals surface area contributed by atoms with Crippen LogP contribution >= 0.6 is 0 Å². The summed E-state index contributed by atoms with van der Waals surface area (Å²) in [7, 11) is 3.92. The van der Waals surface area contributed by atoms with Crippen molar-refractivity contribution in [2.24, 2.45) is 0 Å². The molecule has 2 heterocycles. The molecule has 2 amide bonds. The lowest BCUT2D eigenvalue weighted by molar-refractivity contribution is -0.136. The van der Waals surface area contributed by atoms with E-state index >= 15 is 0 Å². The average molecular weight is 400 g/mol. The number of benzene rings is 1. The van der Waals surface area contributed by atoms with Crippen molar-refractivity contribution in [2.45, 2.75) is 39.4 Å². The molecule has 2 aromatic rings. The van der Waals surface area contributed by atoms with Gasteiger partial charge in [0.25, 0.3) is 5.91 Å². The second-order valence-corrected chi connectivity index (χ2v) is 7.64. The zero-order valence-corrected chi connectivity index (χ0v) is 17.6. The molecular weight excluding hydrogens is 372 g/mol. The molecule has 1 N–H and O–H groups in total. The smallest absolute Gasteiger partial charge is 0.289 e. The average Bonchev–Trinajstić information content (AvgIpc) is 2.90. The number of likely N-dealkylation sites (N-methyl/N-ethyl adjacent to an activating group) is 1. The van der Waals surface area contributed by atoms with Crippen LogP contribution in [0.2, 0.25) is 0 Å². The third-order valence-electron chi connectivity index (χ3n) is 4.87. The van der Waals surface area contributed by atoms with Crippen molar-refractivity contribution in [1.29, 1.82) is 0 Å². The summed E-state index contributed by atoms with van der Waals surface area (Å²) in [6, 6.07) is 6.85. The van der Waals surface area contributed by atoms with E-state index in [2.05, 4.69) is 10.3 Å². The molecule has 8 heteroatoms. The van der Waals surface area contributed by atoms with Gasteiger partial charge in [-0.15, -0.1) is 0 Å². The van der Waals surface area contributed by atoms with Crippen LogP contribution in [0.3, 0.4) is 0 Å². The quantitative estimate of drug-likeness (QED) is 0.823. The van der Waals surface area contributed by atoms with Gasteiger partial charge in [-0.2, -0.15) is 0 Å². The molecule has 0 spiro atoms. The van der Waals surface area contributed by atoms with Gasteiger partial charge in [-0.25, -0.2) is 4.98 Å². The van der Waals surface area contributed by atoms with Gasteiger partial charge in [-0.1, -0.05) is 18.2 Å². The molecule has 0 aliphatic carbocycles. The minimum Gasteiger partial charge on any atom is -0.491 e. The Labute approximate surface area is 170 Å². The zero-order valence-electron chi connectivity index (χ0n) is 17.6. The van der Waals surface area contributed by atoms with Crippen LogP contribution in [0.5, 0.6) is 5.75 Å². The van der Waals surface area contributed by atoms with Gasteiger partial charge in [-0.3, -0.25) is 9.59 Å². The highest BCUT2D eigenvalue weighted by molar-refractivity contribution is 5.96. The van der Waals surface area contributed by atoms with Gasteiger partial charge in [0.1, 0.15) is 18.4 Å². The van der Waals surface area contributed by atoms with E-state index < -0.39 is 11.9 Å². The molecule has 156 valence electrons. The highest BCUT2D eigenvalue weighted by atomic mass is 16.5. The fraction of sp³-hybridized carbons (Fsp3) is 0.476. The van der Waals surface area contributed by atoms with Crippen molar-refractivity contribution in [3.63, 3.8) is 0 Å². The molecule has 2 atom stereocenters. The maximum absolute atomic E-state index is 13.3. The molecule has 1 aromatic carbocycles. The number of nitrogens with zero attached hydrogens (tertiary/aromatic N) is 3. The first-order valence-electron chi connectivity index (χ1n) is 9.67. The minimum absolute atomic E-state index is 0.136. The van der Waals surface area contributed by atoms with Gasteiger partial charge in [0, 0.05) is 25.6 Å². The van der Waals surface area contributed by atoms with Crippen molar-refractivity contribution in [3.05, 3.63) is 47.2 Å². The first kappa shape index (κ1) is 20.9. The van der Waals surface area contributed by atoms with Crippen molar-refractivity contribution >= 4 is 11.8 Å². The standard InChI is InChI=1S/C21H28N4O4/c1-13-19(29-15(3)22-13)20(26)23-14(2)21(27)25-10-16-8-6-7-9-18(16)28-12-17(25)11-24(4)5/h6-9,14,17H,10-12H2,1-5H3,(H,23,26). The van der Waals surface area contributed by atoms with E-state index in [0.29, 0.717) is 31.3 Å². The molecule has 0 saturated carbocycles. The number of aryl methyl sites for hydroxylation is 2. The van der Waals surface area contributed by atoms with Gasteiger partial charge in [-0.05, 0) is 34.0 Å². The van der Waals surface area contributed by atoms with Crippen LogP contribution < -0.4 is 10.1 Å². The van der Waals surface area contributed by atoms with Gasteiger partial charge in [0.15, 0.2) is 5.89 Å². The molecule has 0 saturated heterocycles. The second kappa shape index (κ2) is 8.65. The molecular formula is C21H28N4O4. The molecule has 3 rings (SSSR count). The third-order valence-corrected chi connectivity index (χ3v) is 4.87. The number of aromatic nitrogens is 1. The normalized spacial score (nSPS) is 17.3. The lowest BCUT2D eigenvalue weighted by Crippen LogP contribution is -2.53. The van der Waals surface area contributed by atoms with Crippen LogP contribution in [0.1, 0.15) is 34.6 Å². The molecule has 1 aromatic heterocycles. The van der Waals surface area contributed by atoms with E-state index in [1.165, 1.54) is 0 Å². The van der Waals surface area contributed by atoms with Crippen LogP contribution in [0.15, 0.2) is 28.7 Å². The zero-order chi connectivity index (χ0) is 21.1. The first-order chi connectivity index (χ1) is 13.8. The van der Waals surface area contributed by atoms with E-state index in [9.17, 15) is 9.59 Å². The summed E-state index contributed by atoms with van der Waals surface area (Å²) >= 11 is 0. The van der Waals surface area contributed by atoms with Crippen LogP contribution in [-0.4, -0.2) is 65.9 Å². The van der Waals surface area contributed by atoms with Crippen LogP contribution in [-0.2, 0) is 11.3 Å². The summed E-state index contributed by atoms with van der Waals surface area (Å²) < 4.78 is 11.3. The topological polar surface area (TPSA) is 87.9 Å².